The van der Waals surface area contributed by atoms with Crippen LogP contribution in [0.15, 0.2) is 42.5 Å². The van der Waals surface area contributed by atoms with Gasteiger partial charge in [-0.05, 0) is 55.8 Å². The third-order valence-electron chi connectivity index (χ3n) is 5.34. The van der Waals surface area contributed by atoms with Gasteiger partial charge in [-0.25, -0.2) is 9.13 Å². The number of benzene rings is 2. The molecule has 8 heteroatoms. The maximum Gasteiger partial charge on any atom is 0.341 e. The molecule has 0 aromatic heterocycles. The minimum Gasteiger partial charge on any atom is -0.322 e. The van der Waals surface area contributed by atoms with Crippen molar-refractivity contribution in [2.75, 3.05) is 10.2 Å². The van der Waals surface area contributed by atoms with Crippen molar-refractivity contribution < 1.29 is 18.7 Å². The molecule has 0 atom stereocenters. The largest absolute Gasteiger partial charge is 0.341 e. The highest BCUT2D eigenvalue weighted by atomic mass is 31.1. The van der Waals surface area contributed by atoms with Crippen LogP contribution in [0.25, 0.3) is 0 Å². The molecule has 0 saturated heterocycles. The van der Waals surface area contributed by atoms with E-state index >= 15 is 0 Å². The number of amides is 2. The Morgan fingerprint density at radius 3 is 2.37 bits per heavy atom. The van der Waals surface area contributed by atoms with E-state index in [-0.39, 0.29) is 12.3 Å². The van der Waals surface area contributed by atoms with E-state index in [4.69, 9.17) is 5.26 Å². The molecule has 2 amide bonds. The maximum absolute atomic E-state index is 12.9. The van der Waals surface area contributed by atoms with E-state index in [0.717, 1.165) is 5.56 Å². The zero-order chi connectivity index (χ0) is 22.3. The van der Waals surface area contributed by atoms with Crippen molar-refractivity contribution in [3.63, 3.8) is 0 Å². The van der Waals surface area contributed by atoms with Crippen molar-refractivity contribution in [2.45, 2.75) is 44.8 Å². The van der Waals surface area contributed by atoms with Gasteiger partial charge in [0.25, 0.3) is 5.91 Å². The third-order valence-corrected chi connectivity index (χ3v) is 6.43. The summed E-state index contributed by atoms with van der Waals surface area (Å²) in [6.45, 7) is 6.79. The molecule has 154 valence electrons. The molecule has 1 N–H and O–H groups in total. The number of carbonyl (C=O) groups is 2. The number of rotatable bonds is 4. The Balaban J connectivity index is 2.04. The lowest BCUT2D eigenvalue weighted by Gasteiger charge is -2.43. The number of hydrogen-bond donors (Lipinski definition) is 1. The van der Waals surface area contributed by atoms with Gasteiger partial charge in [0.1, 0.15) is 0 Å². The fourth-order valence-corrected chi connectivity index (χ4v) is 4.01. The topological polar surface area (TPSA) is 107 Å². The summed E-state index contributed by atoms with van der Waals surface area (Å²) < 4.78 is 23.8. The maximum atomic E-state index is 12.9. The van der Waals surface area contributed by atoms with Crippen molar-refractivity contribution in [1.82, 2.24) is 0 Å². The first kappa shape index (κ1) is 21.5. The van der Waals surface area contributed by atoms with Gasteiger partial charge in [0.05, 0.1) is 11.6 Å². The van der Waals surface area contributed by atoms with Gasteiger partial charge in [-0.1, -0.05) is 19.9 Å². The van der Waals surface area contributed by atoms with E-state index < -0.39 is 24.3 Å². The Kier molecular flexibility index (Phi) is 5.40. The Morgan fingerprint density at radius 1 is 1.17 bits per heavy atom. The Morgan fingerprint density at radius 2 is 1.80 bits per heavy atom. The van der Waals surface area contributed by atoms with Crippen molar-refractivity contribution in [1.29, 1.82) is 5.26 Å². The summed E-state index contributed by atoms with van der Waals surface area (Å²) in [5, 5.41) is 10.2. The standard InChI is InChI=1S/C22H22N3O4P/c1-21(2)12-19(26)25(22(3,4)30(28)29)18-11-15(7-10-17(18)21)20(27)24-16-8-5-14(13-23)6-9-16/h5-11H,12H2,1-4H3,(H,24,27). The van der Waals surface area contributed by atoms with Crippen LogP contribution in [0.4, 0.5) is 11.4 Å². The Labute approximate surface area is 175 Å². The van der Waals surface area contributed by atoms with E-state index in [0.29, 0.717) is 22.5 Å². The van der Waals surface area contributed by atoms with Crippen LogP contribution in [0.3, 0.4) is 0 Å². The first-order valence-corrected chi connectivity index (χ1v) is 10.6. The molecule has 2 aromatic rings. The molecule has 0 saturated carbocycles. The lowest BCUT2D eigenvalue weighted by Crippen LogP contribution is -2.50. The monoisotopic (exact) mass is 423 g/mol. The van der Waals surface area contributed by atoms with Crippen LogP contribution in [0.5, 0.6) is 0 Å². The predicted octanol–water partition coefficient (Wildman–Crippen LogP) is 4.73. The van der Waals surface area contributed by atoms with Gasteiger partial charge >= 0.3 is 7.68 Å². The predicted molar refractivity (Wildman–Crippen MR) is 113 cm³/mol. The zero-order valence-corrected chi connectivity index (χ0v) is 18.1. The first-order valence-electron chi connectivity index (χ1n) is 9.41. The molecule has 0 fully saturated rings. The number of hydrogen-bond acceptors (Lipinski definition) is 5. The van der Waals surface area contributed by atoms with Crippen LogP contribution in [0, 0.1) is 11.3 Å². The minimum atomic E-state index is -2.94. The van der Waals surface area contributed by atoms with Crippen molar-refractivity contribution in [2.24, 2.45) is 0 Å². The van der Waals surface area contributed by atoms with Crippen LogP contribution in [0.1, 0.15) is 55.6 Å². The van der Waals surface area contributed by atoms with Gasteiger partial charge < -0.3 is 5.32 Å². The van der Waals surface area contributed by atoms with Crippen LogP contribution >= 0.6 is 7.68 Å². The highest BCUT2D eigenvalue weighted by molar-refractivity contribution is 7.33. The van der Waals surface area contributed by atoms with E-state index in [1.165, 1.54) is 18.7 Å². The molecule has 1 heterocycles. The molecule has 0 radical (unpaired) electrons. The molecule has 2 aromatic carbocycles. The van der Waals surface area contributed by atoms with Crippen LogP contribution in [-0.4, -0.2) is 17.1 Å². The average molecular weight is 423 g/mol. The van der Waals surface area contributed by atoms with Crippen LogP contribution in [0.2, 0.25) is 0 Å². The summed E-state index contributed by atoms with van der Waals surface area (Å²) in [5.41, 5.74) is 2.04. The van der Waals surface area contributed by atoms with E-state index in [1.54, 1.807) is 42.5 Å². The Bertz CT molecular complexity index is 1130. The molecule has 0 spiro atoms. The zero-order valence-electron chi connectivity index (χ0n) is 17.2. The number of nitriles is 1. The first-order chi connectivity index (χ1) is 14.0. The highest BCUT2D eigenvalue weighted by Gasteiger charge is 2.45. The van der Waals surface area contributed by atoms with Gasteiger partial charge in [0, 0.05) is 28.8 Å². The average Bonchev–Trinajstić information content (AvgIpc) is 2.67. The molecule has 3 rings (SSSR count). The van der Waals surface area contributed by atoms with Gasteiger partial charge in [-0.2, -0.15) is 5.26 Å². The van der Waals surface area contributed by atoms with Gasteiger partial charge in [0.15, 0.2) is 5.28 Å². The molecular formula is C22H22N3O4P. The lowest BCUT2D eigenvalue weighted by molar-refractivity contribution is -0.120. The number of nitrogens with one attached hydrogen (secondary N) is 1. The number of nitrogens with zero attached hydrogens (tertiary/aromatic N) is 2. The van der Waals surface area contributed by atoms with Crippen LogP contribution in [-0.2, 0) is 19.3 Å². The van der Waals surface area contributed by atoms with Crippen molar-refractivity contribution in [3.8, 4) is 6.07 Å². The van der Waals surface area contributed by atoms with Gasteiger partial charge in [-0.3, -0.25) is 14.5 Å². The third kappa shape index (κ3) is 3.79. The molecule has 0 bridgehead atoms. The second-order valence-corrected chi connectivity index (χ2v) is 10.0. The molecule has 7 nitrogen and oxygen atoms in total. The lowest BCUT2D eigenvalue weighted by atomic mass is 9.76. The molecule has 30 heavy (non-hydrogen) atoms. The SMILES string of the molecule is CC1(C)CC(=O)N(C(C)(C)P(=O)=O)c2cc(C(=O)Nc3ccc(C#N)cc3)ccc21. The number of anilines is 2. The second-order valence-electron chi connectivity index (χ2n) is 8.42. The quantitative estimate of drug-likeness (QED) is 0.715. The molecule has 0 unspecified atom stereocenters. The highest BCUT2D eigenvalue weighted by Crippen LogP contribution is 2.46. The van der Waals surface area contributed by atoms with Crippen molar-refractivity contribution >= 4 is 30.9 Å². The summed E-state index contributed by atoms with van der Waals surface area (Å²) in [6.07, 6.45) is 0.170. The second kappa shape index (κ2) is 7.55. The van der Waals surface area contributed by atoms with Gasteiger partial charge in [-0.15, -0.1) is 0 Å². The minimum absolute atomic E-state index is 0.170. The molecule has 1 aliphatic rings. The van der Waals surface area contributed by atoms with Crippen molar-refractivity contribution in [3.05, 3.63) is 59.2 Å². The van der Waals surface area contributed by atoms with Crippen LogP contribution < -0.4 is 10.2 Å². The fourth-order valence-electron chi connectivity index (χ4n) is 3.63. The smallest absolute Gasteiger partial charge is 0.322 e. The normalized spacial score (nSPS) is 15.2. The van der Waals surface area contributed by atoms with E-state index in [2.05, 4.69) is 5.32 Å². The number of carbonyl (C=O) groups excluding carboxylic acids is 2. The van der Waals surface area contributed by atoms with E-state index in [1.807, 2.05) is 19.9 Å². The van der Waals surface area contributed by atoms with E-state index in [9.17, 15) is 18.7 Å². The molecular weight excluding hydrogens is 401 g/mol. The summed E-state index contributed by atoms with van der Waals surface area (Å²) in [7, 11) is -2.94. The molecule has 1 aliphatic heterocycles. The summed E-state index contributed by atoms with van der Waals surface area (Å²) in [6, 6.07) is 13.5. The van der Waals surface area contributed by atoms with Gasteiger partial charge in [0.2, 0.25) is 5.91 Å². The summed E-state index contributed by atoms with van der Waals surface area (Å²) in [5.74, 6) is -0.705. The molecule has 0 aliphatic carbocycles. The number of fused-ring (bicyclic) bond motifs is 1. The summed E-state index contributed by atoms with van der Waals surface area (Å²) in [4.78, 5) is 27.0. The summed E-state index contributed by atoms with van der Waals surface area (Å²) >= 11 is 0. The Hall–Kier alpha value is -3.23. The fraction of sp³-hybridized carbons (Fsp3) is 0.318.